The lowest BCUT2D eigenvalue weighted by molar-refractivity contribution is -0.121. The molecule has 1 aliphatic heterocycles. The van der Waals surface area contributed by atoms with Gasteiger partial charge in [-0.3, -0.25) is 9.89 Å². The Labute approximate surface area is 148 Å². The Morgan fingerprint density at radius 1 is 1.28 bits per heavy atom. The third kappa shape index (κ3) is 2.28. The van der Waals surface area contributed by atoms with Gasteiger partial charge in [0, 0.05) is 11.9 Å². The summed E-state index contributed by atoms with van der Waals surface area (Å²) in [7, 11) is 0. The Kier molecular flexibility index (Phi) is 3.65. The molecule has 2 heterocycles. The number of likely N-dealkylation sites (tertiary alicyclic amines) is 1. The average Bonchev–Trinajstić information content (AvgIpc) is 3.21. The highest BCUT2D eigenvalue weighted by Gasteiger charge is 2.44. The summed E-state index contributed by atoms with van der Waals surface area (Å²) in [6, 6.07) is 10.4. The number of hydrogen-bond acceptors (Lipinski definition) is 3. The molecular formula is C18H16ClFN4O. The summed E-state index contributed by atoms with van der Waals surface area (Å²) in [6.07, 6.45) is 2.33. The summed E-state index contributed by atoms with van der Waals surface area (Å²) >= 11 is 5.85. The molecule has 0 bridgehead atoms. The molecule has 5 nitrogen and oxygen atoms in total. The highest BCUT2D eigenvalue weighted by atomic mass is 35.5. The van der Waals surface area contributed by atoms with Gasteiger partial charge in [-0.1, -0.05) is 23.7 Å². The first-order valence-electron chi connectivity index (χ1n) is 7.98. The van der Waals surface area contributed by atoms with E-state index >= 15 is 0 Å². The Morgan fingerprint density at radius 2 is 2.04 bits per heavy atom. The number of amides is 1. The number of nitrogens with zero attached hydrogens (tertiary/aromatic N) is 2. The van der Waals surface area contributed by atoms with Crippen LogP contribution in [0.2, 0.25) is 5.02 Å². The minimum absolute atomic E-state index is 0.0593. The number of nitrogens with two attached hydrogens (primary N) is 1. The molecule has 1 amide bonds. The molecule has 128 valence electrons. The van der Waals surface area contributed by atoms with Crippen LogP contribution in [0, 0.1) is 5.82 Å². The third-order valence-electron chi connectivity index (χ3n) is 5.02. The Bertz CT molecular complexity index is 973. The van der Waals surface area contributed by atoms with Gasteiger partial charge in [-0.05, 0) is 48.2 Å². The summed E-state index contributed by atoms with van der Waals surface area (Å²) in [5.41, 5.74) is 7.57. The van der Waals surface area contributed by atoms with E-state index in [-0.39, 0.29) is 5.02 Å². The molecule has 0 radical (unpaired) electrons. The summed E-state index contributed by atoms with van der Waals surface area (Å²) in [4.78, 5) is 13.5. The molecule has 0 spiro atoms. The second-order valence-electron chi connectivity index (χ2n) is 6.26. The summed E-state index contributed by atoms with van der Waals surface area (Å²) in [5.74, 6) is -0.106. The van der Waals surface area contributed by atoms with Crippen LogP contribution in [0.1, 0.15) is 24.0 Å². The number of aromatic nitrogens is 2. The number of H-pyrrole nitrogens is 1. The van der Waals surface area contributed by atoms with Crippen LogP contribution in [0.5, 0.6) is 0 Å². The first-order chi connectivity index (χ1) is 12.1. The normalized spacial score (nSPS) is 20.3. The number of fused-ring (bicyclic) bond motifs is 1. The molecule has 0 saturated carbocycles. The van der Waals surface area contributed by atoms with Crippen LogP contribution >= 0.6 is 11.6 Å². The van der Waals surface area contributed by atoms with Gasteiger partial charge in [-0.25, -0.2) is 4.39 Å². The van der Waals surface area contributed by atoms with Crippen LogP contribution in [-0.4, -0.2) is 28.1 Å². The number of halogens is 2. The van der Waals surface area contributed by atoms with Crippen molar-refractivity contribution in [2.45, 2.75) is 18.4 Å². The predicted molar refractivity (Wildman–Crippen MR) is 94.7 cm³/mol. The first kappa shape index (κ1) is 15.9. The molecule has 2 aromatic carbocycles. The van der Waals surface area contributed by atoms with Gasteiger partial charge in [0.1, 0.15) is 5.82 Å². The fourth-order valence-electron chi connectivity index (χ4n) is 3.81. The van der Waals surface area contributed by atoms with Crippen molar-refractivity contribution in [3.05, 3.63) is 58.4 Å². The zero-order valence-electron chi connectivity index (χ0n) is 13.3. The second-order valence-corrected chi connectivity index (χ2v) is 6.67. The molecule has 1 fully saturated rings. The van der Waals surface area contributed by atoms with Crippen LogP contribution in [0.4, 0.5) is 10.2 Å². The van der Waals surface area contributed by atoms with Crippen molar-refractivity contribution in [1.82, 2.24) is 15.1 Å². The van der Waals surface area contributed by atoms with Gasteiger partial charge < -0.3 is 10.6 Å². The van der Waals surface area contributed by atoms with E-state index < -0.39 is 11.4 Å². The van der Waals surface area contributed by atoms with E-state index in [1.54, 1.807) is 11.0 Å². The van der Waals surface area contributed by atoms with Gasteiger partial charge >= 0.3 is 0 Å². The quantitative estimate of drug-likeness (QED) is 0.704. The second kappa shape index (κ2) is 5.74. The first-order valence-corrected chi connectivity index (χ1v) is 8.36. The van der Waals surface area contributed by atoms with Gasteiger partial charge in [0.25, 0.3) is 0 Å². The molecule has 0 aliphatic carbocycles. The highest BCUT2D eigenvalue weighted by molar-refractivity contribution is 6.30. The van der Waals surface area contributed by atoms with Gasteiger partial charge in [0.05, 0.1) is 16.1 Å². The van der Waals surface area contributed by atoms with Gasteiger partial charge in [0.2, 0.25) is 6.41 Å². The summed E-state index contributed by atoms with van der Waals surface area (Å²) < 4.78 is 14.1. The fraction of sp³-hybridized carbons (Fsp3) is 0.222. The molecule has 1 saturated heterocycles. The molecule has 3 N–H and O–H groups in total. The van der Waals surface area contributed by atoms with Crippen LogP contribution < -0.4 is 5.73 Å². The number of rotatable bonds is 3. The lowest BCUT2D eigenvalue weighted by Crippen LogP contribution is -2.41. The largest absolute Gasteiger partial charge is 0.382 e. The van der Waals surface area contributed by atoms with E-state index in [9.17, 15) is 9.18 Å². The fourth-order valence-corrected chi connectivity index (χ4v) is 3.93. The maximum absolute atomic E-state index is 14.1. The van der Waals surface area contributed by atoms with Crippen molar-refractivity contribution >= 4 is 34.7 Å². The number of hydrogen-bond donors (Lipinski definition) is 2. The van der Waals surface area contributed by atoms with E-state index in [1.807, 2.05) is 18.2 Å². The number of aromatic amines is 1. The molecule has 25 heavy (non-hydrogen) atoms. The number of nitrogens with one attached hydrogen (secondary N) is 1. The smallest absolute Gasteiger partial charge is 0.210 e. The van der Waals surface area contributed by atoms with Crippen LogP contribution in [0.25, 0.3) is 10.9 Å². The molecule has 1 unspecified atom stereocenters. The maximum Gasteiger partial charge on any atom is 0.210 e. The van der Waals surface area contributed by atoms with E-state index in [1.165, 1.54) is 12.1 Å². The minimum Gasteiger partial charge on any atom is -0.382 e. The lowest BCUT2D eigenvalue weighted by Gasteiger charge is -2.37. The maximum atomic E-state index is 14.1. The van der Waals surface area contributed by atoms with Gasteiger partial charge in [-0.2, -0.15) is 5.10 Å². The van der Waals surface area contributed by atoms with E-state index in [0.717, 1.165) is 29.3 Å². The summed E-state index contributed by atoms with van der Waals surface area (Å²) in [6.45, 7) is 0.604. The van der Waals surface area contributed by atoms with Crippen molar-refractivity contribution in [3.63, 3.8) is 0 Å². The third-order valence-corrected chi connectivity index (χ3v) is 5.33. The molecule has 1 atom stereocenters. The van der Waals surface area contributed by atoms with Gasteiger partial charge in [-0.15, -0.1) is 0 Å². The molecule has 3 aromatic rings. The van der Waals surface area contributed by atoms with Crippen molar-refractivity contribution in [3.8, 4) is 0 Å². The number of carbonyl (C=O) groups is 1. The Hall–Kier alpha value is -2.60. The van der Waals surface area contributed by atoms with Crippen molar-refractivity contribution in [2.75, 3.05) is 12.3 Å². The van der Waals surface area contributed by atoms with Crippen LogP contribution in [0.15, 0.2) is 36.4 Å². The monoisotopic (exact) mass is 358 g/mol. The zero-order chi connectivity index (χ0) is 17.6. The van der Waals surface area contributed by atoms with Gasteiger partial charge in [0.15, 0.2) is 5.82 Å². The number of nitrogen functional groups attached to an aromatic ring is 1. The Balaban J connectivity index is 1.97. The molecule has 7 heteroatoms. The van der Waals surface area contributed by atoms with Crippen LogP contribution in [0.3, 0.4) is 0 Å². The SMILES string of the molecule is Nc1n[nH]c2ccc(C3(c4ccc(Cl)c(F)c4)CCCN3C=O)cc12. The molecule has 1 aliphatic rings. The van der Waals surface area contributed by atoms with Crippen molar-refractivity contribution < 1.29 is 9.18 Å². The standard InChI is InChI=1S/C18H16ClFN4O/c19-14-4-2-12(9-15(14)20)18(6-1-7-24(18)10-25)11-3-5-16-13(8-11)17(21)23-22-16/h2-5,8-10H,1,6-7H2,(H3,21,22,23). The average molecular weight is 359 g/mol. The van der Waals surface area contributed by atoms with E-state index in [0.29, 0.717) is 24.3 Å². The van der Waals surface area contributed by atoms with Crippen LogP contribution in [-0.2, 0) is 10.3 Å². The van der Waals surface area contributed by atoms with Crippen molar-refractivity contribution in [2.24, 2.45) is 0 Å². The number of benzene rings is 2. The molecular weight excluding hydrogens is 343 g/mol. The zero-order valence-corrected chi connectivity index (χ0v) is 14.1. The number of carbonyl (C=O) groups excluding carboxylic acids is 1. The Morgan fingerprint density at radius 3 is 2.80 bits per heavy atom. The predicted octanol–water partition coefficient (Wildman–Crippen LogP) is 3.43. The summed E-state index contributed by atoms with van der Waals surface area (Å²) in [5, 5.41) is 7.72. The van der Waals surface area contributed by atoms with E-state index in [4.69, 9.17) is 17.3 Å². The molecule has 1 aromatic heterocycles. The molecule has 4 rings (SSSR count). The van der Waals surface area contributed by atoms with E-state index in [2.05, 4.69) is 10.2 Å². The topological polar surface area (TPSA) is 75.0 Å². The minimum atomic E-state index is -0.745. The number of anilines is 1. The lowest BCUT2D eigenvalue weighted by atomic mass is 9.80. The van der Waals surface area contributed by atoms with Crippen molar-refractivity contribution in [1.29, 1.82) is 0 Å². The highest BCUT2D eigenvalue weighted by Crippen LogP contribution is 2.45.